The normalized spacial score (nSPS) is 28.2. The molecule has 1 saturated heterocycles. The van der Waals surface area contributed by atoms with Crippen molar-refractivity contribution in [3.05, 3.63) is 0 Å². The number of hydrogen-bond acceptors (Lipinski definition) is 4. The van der Waals surface area contributed by atoms with E-state index in [0.717, 1.165) is 38.2 Å². The molecule has 13 heavy (non-hydrogen) atoms. The zero-order valence-electron chi connectivity index (χ0n) is 8.11. The monoisotopic (exact) mass is 186 g/mol. The van der Waals surface area contributed by atoms with E-state index in [1.807, 2.05) is 0 Å². The molecule has 0 amide bonds. The van der Waals surface area contributed by atoms with Crippen LogP contribution in [0, 0.1) is 5.92 Å². The second-order valence-corrected chi connectivity index (χ2v) is 3.47. The van der Waals surface area contributed by atoms with Gasteiger partial charge in [0.2, 0.25) is 0 Å². The summed E-state index contributed by atoms with van der Waals surface area (Å²) >= 11 is 0. The zero-order valence-corrected chi connectivity index (χ0v) is 8.11. The largest absolute Gasteiger partial charge is 0.411 e. The molecule has 0 aromatic carbocycles. The van der Waals surface area contributed by atoms with Crippen molar-refractivity contribution >= 4 is 5.71 Å². The predicted octanol–water partition coefficient (Wildman–Crippen LogP) is 0.541. The Hall–Kier alpha value is -0.610. The first-order valence-corrected chi connectivity index (χ1v) is 4.85. The van der Waals surface area contributed by atoms with Crippen molar-refractivity contribution in [1.82, 2.24) is 4.90 Å². The van der Waals surface area contributed by atoms with Gasteiger partial charge < -0.3 is 15.2 Å². The molecule has 0 radical (unpaired) electrons. The smallest absolute Gasteiger partial charge is 0.0627 e. The van der Waals surface area contributed by atoms with E-state index in [1.165, 1.54) is 0 Å². The Morgan fingerprint density at radius 3 is 2.92 bits per heavy atom. The number of aliphatic hydroxyl groups is 1. The van der Waals surface area contributed by atoms with Crippen LogP contribution in [0.1, 0.15) is 19.8 Å². The summed E-state index contributed by atoms with van der Waals surface area (Å²) in [7, 11) is 0. The fourth-order valence-corrected chi connectivity index (χ4v) is 1.83. The maximum atomic E-state index is 8.78. The summed E-state index contributed by atoms with van der Waals surface area (Å²) in [6.07, 6.45) is 1.83. The van der Waals surface area contributed by atoms with E-state index in [9.17, 15) is 0 Å². The van der Waals surface area contributed by atoms with Crippen molar-refractivity contribution in [2.45, 2.75) is 19.8 Å². The van der Waals surface area contributed by atoms with Crippen LogP contribution in [-0.2, 0) is 0 Å². The lowest BCUT2D eigenvalue weighted by Gasteiger charge is -2.32. The Kier molecular flexibility index (Phi) is 4.18. The van der Waals surface area contributed by atoms with Crippen molar-refractivity contribution < 1.29 is 10.3 Å². The van der Waals surface area contributed by atoms with Gasteiger partial charge in [-0.3, -0.25) is 0 Å². The first kappa shape index (κ1) is 10.5. The molecule has 0 aromatic rings. The summed E-state index contributed by atoms with van der Waals surface area (Å²) in [5.74, 6) is 0.366. The Labute approximate surface area is 78.9 Å². The van der Waals surface area contributed by atoms with E-state index in [-0.39, 0.29) is 6.61 Å². The Balaban J connectivity index is 2.47. The molecule has 0 aromatic heterocycles. The van der Waals surface area contributed by atoms with Gasteiger partial charge in [0, 0.05) is 32.0 Å². The summed E-state index contributed by atoms with van der Waals surface area (Å²) in [6, 6.07) is 0. The Morgan fingerprint density at radius 1 is 1.62 bits per heavy atom. The van der Waals surface area contributed by atoms with Crippen LogP contribution in [0.15, 0.2) is 5.16 Å². The number of aliphatic hydroxyl groups excluding tert-OH is 1. The molecule has 0 spiro atoms. The summed E-state index contributed by atoms with van der Waals surface area (Å²) in [4.78, 5) is 2.21. The van der Waals surface area contributed by atoms with Crippen LogP contribution in [0.5, 0.6) is 0 Å². The minimum Gasteiger partial charge on any atom is -0.411 e. The SMILES string of the molecule is CCC1CN(CCO)CCC1=NO. The second kappa shape index (κ2) is 5.19. The fourth-order valence-electron chi connectivity index (χ4n) is 1.83. The highest BCUT2D eigenvalue weighted by Gasteiger charge is 2.23. The lowest BCUT2D eigenvalue weighted by Crippen LogP contribution is -2.41. The van der Waals surface area contributed by atoms with E-state index in [2.05, 4.69) is 17.0 Å². The molecule has 1 atom stereocenters. The zero-order chi connectivity index (χ0) is 9.68. The molecule has 1 aliphatic rings. The first-order valence-electron chi connectivity index (χ1n) is 4.85. The van der Waals surface area contributed by atoms with E-state index in [0.29, 0.717) is 5.92 Å². The molecule has 1 aliphatic heterocycles. The second-order valence-electron chi connectivity index (χ2n) is 3.47. The lowest BCUT2D eigenvalue weighted by atomic mass is 9.93. The van der Waals surface area contributed by atoms with Gasteiger partial charge in [-0.05, 0) is 6.42 Å². The third kappa shape index (κ3) is 2.67. The van der Waals surface area contributed by atoms with Crippen LogP contribution < -0.4 is 0 Å². The number of hydrogen-bond donors (Lipinski definition) is 2. The molecule has 0 saturated carbocycles. The van der Waals surface area contributed by atoms with Gasteiger partial charge in [0.15, 0.2) is 0 Å². The molecule has 1 unspecified atom stereocenters. The highest BCUT2D eigenvalue weighted by Crippen LogP contribution is 2.16. The summed E-state index contributed by atoms with van der Waals surface area (Å²) in [5, 5.41) is 20.8. The highest BCUT2D eigenvalue weighted by atomic mass is 16.4. The minimum atomic E-state index is 0.210. The van der Waals surface area contributed by atoms with E-state index in [4.69, 9.17) is 10.3 Å². The third-order valence-corrected chi connectivity index (χ3v) is 2.67. The minimum absolute atomic E-state index is 0.210. The average Bonchev–Trinajstić information content (AvgIpc) is 2.18. The number of oxime groups is 1. The molecular weight excluding hydrogens is 168 g/mol. The van der Waals surface area contributed by atoms with E-state index < -0.39 is 0 Å². The van der Waals surface area contributed by atoms with Gasteiger partial charge in [0.25, 0.3) is 0 Å². The fraction of sp³-hybridized carbons (Fsp3) is 0.889. The third-order valence-electron chi connectivity index (χ3n) is 2.67. The maximum Gasteiger partial charge on any atom is 0.0627 e. The molecule has 4 heteroatoms. The molecule has 0 aliphatic carbocycles. The van der Waals surface area contributed by atoms with Gasteiger partial charge >= 0.3 is 0 Å². The molecule has 4 nitrogen and oxygen atoms in total. The molecule has 1 heterocycles. The number of β-amino-alcohol motifs (C(OH)–C–C–N with tert-alkyl or cyclic N) is 1. The van der Waals surface area contributed by atoms with Crippen LogP contribution in [-0.4, -0.2) is 47.2 Å². The van der Waals surface area contributed by atoms with Gasteiger partial charge in [0.05, 0.1) is 12.3 Å². The van der Waals surface area contributed by atoms with Crippen molar-refractivity contribution in [2.24, 2.45) is 11.1 Å². The molecular formula is C9H18N2O2. The van der Waals surface area contributed by atoms with Crippen molar-refractivity contribution in [1.29, 1.82) is 0 Å². The van der Waals surface area contributed by atoms with E-state index >= 15 is 0 Å². The Bertz CT molecular complexity index is 182. The van der Waals surface area contributed by atoms with Gasteiger partial charge in [0.1, 0.15) is 0 Å². The summed E-state index contributed by atoms with van der Waals surface area (Å²) < 4.78 is 0. The van der Waals surface area contributed by atoms with Crippen molar-refractivity contribution in [3.8, 4) is 0 Å². The molecule has 0 bridgehead atoms. The summed E-state index contributed by atoms with van der Waals surface area (Å²) in [6.45, 7) is 4.85. The molecule has 76 valence electrons. The highest BCUT2D eigenvalue weighted by molar-refractivity contribution is 5.87. The maximum absolute atomic E-state index is 8.78. The lowest BCUT2D eigenvalue weighted by molar-refractivity contribution is 0.175. The van der Waals surface area contributed by atoms with Crippen LogP contribution >= 0.6 is 0 Å². The standard InChI is InChI=1S/C9H18N2O2/c1-2-8-7-11(5-6-12)4-3-9(8)10-13/h8,12-13H,2-7H2,1H3. The predicted molar refractivity (Wildman–Crippen MR) is 51.1 cm³/mol. The van der Waals surface area contributed by atoms with Crippen molar-refractivity contribution in [3.63, 3.8) is 0 Å². The van der Waals surface area contributed by atoms with Crippen molar-refractivity contribution in [2.75, 3.05) is 26.2 Å². The first-order chi connectivity index (χ1) is 6.31. The van der Waals surface area contributed by atoms with Gasteiger partial charge in [-0.15, -0.1) is 0 Å². The quantitative estimate of drug-likeness (QED) is 0.499. The van der Waals surface area contributed by atoms with Gasteiger partial charge in [-0.2, -0.15) is 0 Å². The molecule has 1 fully saturated rings. The number of piperidine rings is 1. The molecule has 2 N–H and O–H groups in total. The van der Waals surface area contributed by atoms with Gasteiger partial charge in [-0.25, -0.2) is 0 Å². The van der Waals surface area contributed by atoms with Crippen LogP contribution in [0.4, 0.5) is 0 Å². The van der Waals surface area contributed by atoms with Crippen LogP contribution in [0.25, 0.3) is 0 Å². The van der Waals surface area contributed by atoms with Crippen LogP contribution in [0.2, 0.25) is 0 Å². The number of nitrogens with zero attached hydrogens (tertiary/aromatic N) is 2. The van der Waals surface area contributed by atoms with E-state index in [1.54, 1.807) is 0 Å². The van der Waals surface area contributed by atoms with Crippen LogP contribution in [0.3, 0.4) is 0 Å². The molecule has 1 rings (SSSR count). The Morgan fingerprint density at radius 2 is 2.38 bits per heavy atom. The van der Waals surface area contributed by atoms with Gasteiger partial charge in [-0.1, -0.05) is 12.1 Å². The number of likely N-dealkylation sites (tertiary alicyclic amines) is 1. The topological polar surface area (TPSA) is 56.1 Å². The summed E-state index contributed by atoms with van der Waals surface area (Å²) in [5.41, 5.74) is 0.914. The average molecular weight is 186 g/mol. The number of rotatable bonds is 3.